The Labute approximate surface area is 272 Å². The molecule has 3 aliphatic rings. The minimum atomic E-state index is -3.87. The van der Waals surface area contributed by atoms with Crippen molar-refractivity contribution in [3.63, 3.8) is 0 Å². The Bertz CT molecular complexity index is 2250. The second-order valence-electron chi connectivity index (χ2n) is 13.0. The Morgan fingerprint density at radius 2 is 1.55 bits per heavy atom. The zero-order chi connectivity index (χ0) is 32.6. The number of nitrogens with one attached hydrogen (secondary N) is 1. The third kappa shape index (κ3) is 4.65. The zero-order valence-electron chi connectivity index (χ0n) is 26.2. The Morgan fingerprint density at radius 3 is 2.30 bits per heavy atom. The third-order valence-corrected chi connectivity index (χ3v) is 11.7. The van der Waals surface area contributed by atoms with E-state index in [1.165, 1.54) is 3.97 Å². The molecule has 47 heavy (non-hydrogen) atoms. The Hall–Kier alpha value is -4.96. The van der Waals surface area contributed by atoms with Gasteiger partial charge in [0.25, 0.3) is 15.9 Å². The van der Waals surface area contributed by atoms with Crippen LogP contribution in [0.1, 0.15) is 58.6 Å². The summed E-state index contributed by atoms with van der Waals surface area (Å²) in [5.74, 6) is -0.112. The number of benzene rings is 4. The van der Waals surface area contributed by atoms with Crippen LogP contribution in [0.3, 0.4) is 0 Å². The molecule has 0 radical (unpaired) electrons. The summed E-state index contributed by atoms with van der Waals surface area (Å²) in [6, 6.07) is 23.9. The van der Waals surface area contributed by atoms with E-state index in [2.05, 4.69) is 16.3 Å². The number of hydrogen-bond donors (Lipinski definition) is 1. The molecule has 0 saturated carbocycles. The van der Waals surface area contributed by atoms with Crippen molar-refractivity contribution in [3.05, 3.63) is 101 Å². The fraction of sp³-hybridized carbons (Fsp3) is 0.270. The predicted molar refractivity (Wildman–Crippen MR) is 182 cm³/mol. The van der Waals surface area contributed by atoms with Crippen molar-refractivity contribution in [1.29, 1.82) is 0 Å². The summed E-state index contributed by atoms with van der Waals surface area (Å²) in [7, 11) is -3.87. The highest BCUT2D eigenvalue weighted by Gasteiger charge is 2.41. The number of imide groups is 1. The van der Waals surface area contributed by atoms with Crippen LogP contribution in [0.2, 0.25) is 0 Å². The lowest BCUT2D eigenvalue weighted by Crippen LogP contribution is -2.53. The van der Waals surface area contributed by atoms with Crippen molar-refractivity contribution in [3.8, 4) is 0 Å². The average Bonchev–Trinajstić information content (AvgIpc) is 3.58. The van der Waals surface area contributed by atoms with E-state index >= 15 is 0 Å². The van der Waals surface area contributed by atoms with Gasteiger partial charge in [-0.3, -0.25) is 24.6 Å². The first-order valence-electron chi connectivity index (χ1n) is 16.0. The van der Waals surface area contributed by atoms with Crippen LogP contribution in [-0.2, 0) is 19.6 Å². The molecule has 9 nitrogen and oxygen atoms in total. The van der Waals surface area contributed by atoms with E-state index in [0.717, 1.165) is 45.7 Å². The minimum Gasteiger partial charge on any atom is -0.357 e. The Morgan fingerprint density at radius 1 is 0.809 bits per heavy atom. The molecule has 1 unspecified atom stereocenters. The molecule has 2 fully saturated rings. The van der Waals surface area contributed by atoms with Gasteiger partial charge in [0.05, 0.1) is 16.1 Å². The van der Waals surface area contributed by atoms with Gasteiger partial charge >= 0.3 is 0 Å². The van der Waals surface area contributed by atoms with Crippen molar-refractivity contribution < 1.29 is 22.8 Å². The number of aryl methyl sites for hydroxylation is 2. The van der Waals surface area contributed by atoms with Crippen molar-refractivity contribution in [2.24, 2.45) is 0 Å². The highest BCUT2D eigenvalue weighted by molar-refractivity contribution is 7.90. The number of piperidine rings is 2. The summed E-state index contributed by atoms with van der Waals surface area (Å²) in [6.07, 6.45) is 2.09. The largest absolute Gasteiger partial charge is 0.357 e. The minimum absolute atomic E-state index is 0.196. The quantitative estimate of drug-likeness (QED) is 0.242. The molecule has 0 aliphatic carbocycles. The summed E-state index contributed by atoms with van der Waals surface area (Å²) in [5.41, 5.74) is 5.07. The molecular formula is C37H34N4O5S. The number of fused-ring (bicyclic) bond motifs is 1. The fourth-order valence-electron chi connectivity index (χ4n) is 7.60. The molecule has 3 aliphatic heterocycles. The molecule has 5 aromatic rings. The molecule has 2 saturated heterocycles. The summed E-state index contributed by atoms with van der Waals surface area (Å²) in [5, 5.41) is 5.10. The lowest BCUT2D eigenvalue weighted by atomic mass is 9.85. The number of anilines is 2. The maximum atomic E-state index is 14.2. The first-order valence-corrected chi connectivity index (χ1v) is 17.5. The van der Waals surface area contributed by atoms with Crippen molar-refractivity contribution in [2.75, 3.05) is 22.9 Å². The maximum Gasteiger partial charge on any atom is 0.269 e. The molecule has 4 heterocycles. The van der Waals surface area contributed by atoms with E-state index in [-0.39, 0.29) is 29.0 Å². The molecule has 1 N–H and O–H groups in total. The van der Waals surface area contributed by atoms with E-state index < -0.39 is 22.0 Å². The van der Waals surface area contributed by atoms with Gasteiger partial charge in [0.15, 0.2) is 0 Å². The van der Waals surface area contributed by atoms with Crippen LogP contribution in [0, 0.1) is 13.8 Å². The summed E-state index contributed by atoms with van der Waals surface area (Å²) in [4.78, 5) is 42.2. The van der Waals surface area contributed by atoms with E-state index in [9.17, 15) is 22.8 Å². The Kier molecular flexibility index (Phi) is 6.77. The summed E-state index contributed by atoms with van der Waals surface area (Å²) >= 11 is 0. The zero-order valence-corrected chi connectivity index (χ0v) is 27.0. The first-order chi connectivity index (χ1) is 22.6. The highest BCUT2D eigenvalue weighted by atomic mass is 32.2. The van der Waals surface area contributed by atoms with Gasteiger partial charge in [-0.2, -0.15) is 0 Å². The van der Waals surface area contributed by atoms with Crippen LogP contribution in [0.15, 0.2) is 83.8 Å². The molecule has 4 aromatic carbocycles. The van der Waals surface area contributed by atoms with Gasteiger partial charge in [-0.05, 0) is 91.9 Å². The number of carbonyl (C=O) groups excluding carboxylic acids is 3. The number of hydrogen-bond acceptors (Lipinski definition) is 6. The number of carbonyl (C=O) groups is 3. The monoisotopic (exact) mass is 646 g/mol. The van der Waals surface area contributed by atoms with Crippen LogP contribution in [0.5, 0.6) is 0 Å². The van der Waals surface area contributed by atoms with Gasteiger partial charge < -0.3 is 4.90 Å². The highest BCUT2D eigenvalue weighted by Crippen LogP contribution is 2.44. The van der Waals surface area contributed by atoms with Crippen LogP contribution in [0.25, 0.3) is 21.7 Å². The van der Waals surface area contributed by atoms with Gasteiger partial charge in [-0.25, -0.2) is 12.4 Å². The smallest absolute Gasteiger partial charge is 0.269 e. The fourth-order valence-corrected chi connectivity index (χ4v) is 9.13. The van der Waals surface area contributed by atoms with E-state index in [1.54, 1.807) is 17.0 Å². The third-order valence-electron chi connectivity index (χ3n) is 10.00. The van der Waals surface area contributed by atoms with Crippen molar-refractivity contribution in [1.82, 2.24) is 9.29 Å². The number of nitrogens with zero attached hydrogens (tertiary/aromatic N) is 3. The van der Waals surface area contributed by atoms with Gasteiger partial charge in [0.2, 0.25) is 11.8 Å². The van der Waals surface area contributed by atoms with Gasteiger partial charge in [0.1, 0.15) is 11.9 Å². The SMILES string of the molecule is Cc1ccc(S(=O)(=O)n2c(N3CCC(c4ccc5c6c(cccc46)C(=O)N5C4CCC(=O)NC4=O)CC3)cc3ccc(C)cc32)cc1. The molecule has 0 spiro atoms. The van der Waals surface area contributed by atoms with Gasteiger partial charge in [0, 0.05) is 35.8 Å². The Balaban J connectivity index is 1.12. The van der Waals surface area contributed by atoms with E-state index in [1.807, 2.05) is 74.5 Å². The van der Waals surface area contributed by atoms with Crippen LogP contribution >= 0.6 is 0 Å². The molecule has 10 heteroatoms. The molecule has 0 bridgehead atoms. The average molecular weight is 647 g/mol. The van der Waals surface area contributed by atoms with E-state index in [0.29, 0.717) is 42.1 Å². The van der Waals surface area contributed by atoms with Crippen molar-refractivity contribution >= 4 is 60.9 Å². The number of aromatic nitrogens is 1. The standard InChI is InChI=1S/C37H34N4O5S/c1-22-7-10-26(11-8-22)47(45,46)41-32-20-23(2)6-9-25(32)21-34(41)39-18-16-24(17-19-39)27-12-13-30-35-28(27)4-3-5-29(35)37(44)40(30)31-14-15-33(42)38-36(31)43/h3-13,20-21,24,31H,14-19H2,1-2H3,(H,38,42,43). The first kappa shape index (κ1) is 29.4. The second-order valence-corrected chi connectivity index (χ2v) is 14.7. The molecular weight excluding hydrogens is 612 g/mol. The van der Waals surface area contributed by atoms with Crippen LogP contribution in [-0.4, -0.2) is 49.2 Å². The molecule has 1 atom stereocenters. The van der Waals surface area contributed by atoms with Gasteiger partial charge in [-0.1, -0.05) is 48.0 Å². The molecule has 8 rings (SSSR count). The van der Waals surface area contributed by atoms with Crippen molar-refractivity contribution in [2.45, 2.75) is 56.4 Å². The van der Waals surface area contributed by atoms with Crippen LogP contribution < -0.4 is 15.1 Å². The predicted octanol–water partition coefficient (Wildman–Crippen LogP) is 5.80. The second kappa shape index (κ2) is 10.8. The topological polar surface area (TPSA) is 109 Å². The number of rotatable bonds is 5. The number of amides is 3. The normalized spacial score (nSPS) is 18.9. The lowest BCUT2D eigenvalue weighted by Gasteiger charge is -2.35. The maximum absolute atomic E-state index is 14.2. The van der Waals surface area contributed by atoms with E-state index in [4.69, 9.17) is 0 Å². The molecule has 238 valence electrons. The molecule has 1 aromatic heterocycles. The lowest BCUT2D eigenvalue weighted by molar-refractivity contribution is -0.134. The van der Waals surface area contributed by atoms with Crippen LogP contribution in [0.4, 0.5) is 11.5 Å². The molecule has 3 amide bonds. The summed E-state index contributed by atoms with van der Waals surface area (Å²) < 4.78 is 29.8. The summed E-state index contributed by atoms with van der Waals surface area (Å²) in [6.45, 7) is 5.23. The van der Waals surface area contributed by atoms with Gasteiger partial charge in [-0.15, -0.1) is 0 Å².